The van der Waals surface area contributed by atoms with Gasteiger partial charge in [-0.25, -0.2) is 4.39 Å². The third-order valence-electron chi connectivity index (χ3n) is 5.73. The Morgan fingerprint density at radius 1 is 1.16 bits per heavy atom. The predicted molar refractivity (Wildman–Crippen MR) is 116 cm³/mol. The molecule has 3 rings (SSSR count). The van der Waals surface area contributed by atoms with Gasteiger partial charge in [0.15, 0.2) is 11.6 Å². The molecular weight excluding hydrogens is 399 g/mol. The van der Waals surface area contributed by atoms with Crippen LogP contribution in [0.15, 0.2) is 42.5 Å². The molecule has 7 heteroatoms. The van der Waals surface area contributed by atoms with Gasteiger partial charge in [-0.05, 0) is 55.0 Å². The Labute approximate surface area is 182 Å². The molecular formula is C24H29FN2O4. The molecule has 0 aromatic heterocycles. The molecule has 31 heavy (non-hydrogen) atoms. The Morgan fingerprint density at radius 2 is 1.94 bits per heavy atom. The fraction of sp³-hybridized carbons (Fsp3) is 0.417. The maximum absolute atomic E-state index is 13.7. The van der Waals surface area contributed by atoms with Crippen molar-refractivity contribution < 1.29 is 23.5 Å². The summed E-state index contributed by atoms with van der Waals surface area (Å²) in [7, 11) is 3.05. The first-order valence-electron chi connectivity index (χ1n) is 10.5. The van der Waals surface area contributed by atoms with Crippen molar-refractivity contribution in [2.24, 2.45) is 0 Å². The Kier molecular flexibility index (Phi) is 7.50. The van der Waals surface area contributed by atoms with E-state index in [-0.39, 0.29) is 17.6 Å². The van der Waals surface area contributed by atoms with Crippen LogP contribution in [0.2, 0.25) is 0 Å². The van der Waals surface area contributed by atoms with E-state index in [1.807, 2.05) is 24.3 Å². The normalized spacial score (nSPS) is 17.8. The van der Waals surface area contributed by atoms with Crippen molar-refractivity contribution in [2.45, 2.75) is 44.1 Å². The maximum atomic E-state index is 13.7. The second-order valence-corrected chi connectivity index (χ2v) is 7.89. The molecule has 1 heterocycles. The lowest BCUT2D eigenvalue weighted by molar-refractivity contribution is -0.122. The highest BCUT2D eigenvalue weighted by molar-refractivity contribution is 5.80. The molecule has 166 valence electrons. The zero-order chi connectivity index (χ0) is 22.3. The lowest BCUT2D eigenvalue weighted by atomic mass is 9.85. The molecule has 2 aromatic rings. The van der Waals surface area contributed by atoms with E-state index in [4.69, 9.17) is 9.47 Å². The number of methoxy groups -OCH3 is 2. The summed E-state index contributed by atoms with van der Waals surface area (Å²) in [6, 6.07) is 12.4. The largest absolute Gasteiger partial charge is 0.496 e. The molecule has 2 N–H and O–H groups in total. The van der Waals surface area contributed by atoms with Gasteiger partial charge in [-0.15, -0.1) is 0 Å². The number of carbonyl (C=O) groups is 2. The molecule has 2 aromatic carbocycles. The number of amides is 2. The lowest BCUT2D eigenvalue weighted by Gasteiger charge is -2.29. The van der Waals surface area contributed by atoms with Gasteiger partial charge < -0.3 is 20.1 Å². The van der Waals surface area contributed by atoms with Crippen molar-refractivity contribution in [3.8, 4) is 11.5 Å². The van der Waals surface area contributed by atoms with Gasteiger partial charge in [-0.3, -0.25) is 9.59 Å². The zero-order valence-electron chi connectivity index (χ0n) is 18.0. The minimum absolute atomic E-state index is 0.0225. The molecule has 2 amide bonds. The summed E-state index contributed by atoms with van der Waals surface area (Å²) in [5.41, 5.74) is 1.38. The van der Waals surface area contributed by atoms with Crippen LogP contribution < -0.4 is 20.1 Å². The van der Waals surface area contributed by atoms with Gasteiger partial charge in [0.25, 0.3) is 0 Å². The van der Waals surface area contributed by atoms with Crippen LogP contribution in [0.1, 0.15) is 36.8 Å². The smallest absolute Gasteiger partial charge is 0.220 e. The maximum Gasteiger partial charge on any atom is 0.220 e. The van der Waals surface area contributed by atoms with E-state index in [1.165, 1.54) is 13.2 Å². The van der Waals surface area contributed by atoms with Gasteiger partial charge in [-0.1, -0.05) is 24.3 Å². The van der Waals surface area contributed by atoms with Crippen LogP contribution in [0, 0.1) is 5.82 Å². The molecule has 0 unspecified atom stereocenters. The summed E-state index contributed by atoms with van der Waals surface area (Å²) < 4.78 is 24.1. The number of para-hydroxylation sites is 1. The Morgan fingerprint density at radius 3 is 2.65 bits per heavy atom. The van der Waals surface area contributed by atoms with Crippen molar-refractivity contribution in [2.75, 3.05) is 20.8 Å². The van der Waals surface area contributed by atoms with E-state index in [0.717, 1.165) is 16.9 Å². The second-order valence-electron chi connectivity index (χ2n) is 7.89. The molecule has 1 saturated heterocycles. The fourth-order valence-electron chi connectivity index (χ4n) is 4.07. The average Bonchev–Trinajstić information content (AvgIpc) is 3.14. The highest BCUT2D eigenvalue weighted by Crippen LogP contribution is 2.31. The van der Waals surface area contributed by atoms with Crippen molar-refractivity contribution in [1.82, 2.24) is 10.6 Å². The number of hydrogen-bond donors (Lipinski definition) is 2. The van der Waals surface area contributed by atoms with Crippen molar-refractivity contribution in [3.63, 3.8) is 0 Å². The molecule has 0 aliphatic carbocycles. The summed E-state index contributed by atoms with van der Waals surface area (Å²) >= 11 is 0. The van der Waals surface area contributed by atoms with Gasteiger partial charge in [0, 0.05) is 24.9 Å². The Balaban J connectivity index is 1.56. The molecule has 1 aliphatic rings. The van der Waals surface area contributed by atoms with Gasteiger partial charge >= 0.3 is 0 Å². The third kappa shape index (κ3) is 5.96. The van der Waals surface area contributed by atoms with Crippen molar-refractivity contribution in [3.05, 3.63) is 59.4 Å². The monoisotopic (exact) mass is 428 g/mol. The van der Waals surface area contributed by atoms with E-state index >= 15 is 0 Å². The number of carbonyl (C=O) groups excluding carboxylic acids is 2. The van der Waals surface area contributed by atoms with E-state index in [2.05, 4.69) is 10.6 Å². The van der Waals surface area contributed by atoms with Gasteiger partial charge in [0.1, 0.15) is 5.75 Å². The number of hydrogen-bond acceptors (Lipinski definition) is 4. The molecule has 1 atom stereocenters. The number of rotatable bonds is 10. The standard InChI is InChI=1S/C24H29FN2O4/c1-30-20-6-4-3-5-18(20)11-14-26-22(28)9-12-24(13-10-23(29)27-24)16-17-7-8-19(25)21(15-17)31-2/h3-8,15H,9-14,16H2,1-2H3,(H,26,28)(H,27,29)/t24-/m0/s1. The lowest BCUT2D eigenvalue weighted by Crippen LogP contribution is -2.44. The molecule has 0 bridgehead atoms. The summed E-state index contributed by atoms with van der Waals surface area (Å²) in [5.74, 6) is 0.466. The first kappa shape index (κ1) is 22.6. The summed E-state index contributed by atoms with van der Waals surface area (Å²) in [6.45, 7) is 0.508. The highest BCUT2D eigenvalue weighted by atomic mass is 19.1. The van der Waals surface area contributed by atoms with Crippen molar-refractivity contribution in [1.29, 1.82) is 0 Å². The van der Waals surface area contributed by atoms with Gasteiger partial charge in [0.2, 0.25) is 11.8 Å². The van der Waals surface area contributed by atoms with E-state index in [1.54, 1.807) is 19.2 Å². The fourth-order valence-corrected chi connectivity index (χ4v) is 4.07. The SMILES string of the molecule is COc1cc(C[C@]2(CCC(=O)NCCc3ccccc3OC)CCC(=O)N2)ccc1F. The number of benzene rings is 2. The second kappa shape index (κ2) is 10.3. The van der Waals surface area contributed by atoms with E-state index in [0.29, 0.717) is 45.1 Å². The van der Waals surface area contributed by atoms with E-state index in [9.17, 15) is 14.0 Å². The van der Waals surface area contributed by atoms with Crippen LogP contribution in [0.5, 0.6) is 11.5 Å². The van der Waals surface area contributed by atoms with Crippen LogP contribution >= 0.6 is 0 Å². The summed E-state index contributed by atoms with van der Waals surface area (Å²) in [4.78, 5) is 24.4. The highest BCUT2D eigenvalue weighted by Gasteiger charge is 2.38. The van der Waals surface area contributed by atoms with E-state index < -0.39 is 11.4 Å². The first-order valence-corrected chi connectivity index (χ1v) is 10.5. The molecule has 1 fully saturated rings. The molecule has 6 nitrogen and oxygen atoms in total. The Bertz CT molecular complexity index is 934. The van der Waals surface area contributed by atoms with Crippen LogP contribution in [-0.2, 0) is 22.4 Å². The third-order valence-corrected chi connectivity index (χ3v) is 5.73. The number of ether oxygens (including phenoxy) is 2. The number of nitrogens with one attached hydrogen (secondary N) is 2. The molecule has 0 spiro atoms. The minimum atomic E-state index is -0.514. The number of halogens is 1. The molecule has 1 aliphatic heterocycles. The topological polar surface area (TPSA) is 76.7 Å². The van der Waals surface area contributed by atoms with Crippen LogP contribution in [-0.4, -0.2) is 38.1 Å². The summed E-state index contributed by atoms with van der Waals surface area (Å²) in [6.07, 6.45) is 3.06. The minimum Gasteiger partial charge on any atom is -0.496 e. The average molecular weight is 429 g/mol. The van der Waals surface area contributed by atoms with Gasteiger partial charge in [0.05, 0.1) is 14.2 Å². The Hall–Kier alpha value is -3.09. The van der Waals surface area contributed by atoms with Crippen molar-refractivity contribution >= 4 is 11.8 Å². The van der Waals surface area contributed by atoms with Crippen LogP contribution in [0.3, 0.4) is 0 Å². The van der Waals surface area contributed by atoms with Gasteiger partial charge in [-0.2, -0.15) is 0 Å². The predicted octanol–water partition coefficient (Wildman–Crippen LogP) is 3.17. The molecule has 0 saturated carbocycles. The quantitative estimate of drug-likeness (QED) is 0.610. The van der Waals surface area contributed by atoms with Crippen LogP contribution in [0.4, 0.5) is 4.39 Å². The zero-order valence-corrected chi connectivity index (χ0v) is 18.0. The summed E-state index contributed by atoms with van der Waals surface area (Å²) in [5, 5.41) is 6.00. The first-order chi connectivity index (χ1) is 14.9. The van der Waals surface area contributed by atoms with Crippen LogP contribution in [0.25, 0.3) is 0 Å². The molecule has 0 radical (unpaired) electrons.